The lowest BCUT2D eigenvalue weighted by Crippen LogP contribution is -2.61. The smallest absolute Gasteiger partial charge is 0.252 e. The van der Waals surface area contributed by atoms with Crippen molar-refractivity contribution < 1.29 is 29.2 Å². The summed E-state index contributed by atoms with van der Waals surface area (Å²) in [5, 5.41) is 23.2. The van der Waals surface area contributed by atoms with Gasteiger partial charge in [-0.2, -0.15) is 0 Å². The number of hydrogen-bond donors (Lipinski definition) is 3. The maximum Gasteiger partial charge on any atom is 0.252 e. The van der Waals surface area contributed by atoms with Crippen molar-refractivity contribution in [3.8, 4) is 5.75 Å². The number of amides is 1. The van der Waals surface area contributed by atoms with Crippen molar-refractivity contribution in [1.29, 1.82) is 0 Å². The molecule has 2 rings (SSSR count). The molecule has 1 aromatic rings. The van der Waals surface area contributed by atoms with E-state index in [2.05, 4.69) is 5.32 Å². The number of aliphatic hydroxyl groups excluding tert-OH is 2. The van der Waals surface area contributed by atoms with E-state index in [1.165, 1.54) is 7.11 Å². The molecule has 0 bridgehead atoms. The van der Waals surface area contributed by atoms with Crippen molar-refractivity contribution in [2.45, 2.75) is 63.3 Å². The topological polar surface area (TPSA) is 97.3 Å². The SMILES string of the molecule is COc1cccc(CO[C@@]2(C(=O)NC(C)C)C[C@@H](O)[C@@H](O)[C@@H](OC)C2)c1. The van der Waals surface area contributed by atoms with Crippen LogP contribution in [0.3, 0.4) is 0 Å². The van der Waals surface area contributed by atoms with E-state index in [4.69, 9.17) is 14.2 Å². The van der Waals surface area contributed by atoms with Gasteiger partial charge in [0.2, 0.25) is 0 Å². The van der Waals surface area contributed by atoms with Crippen molar-refractivity contribution >= 4 is 5.91 Å². The zero-order chi connectivity index (χ0) is 19.3. The number of carbonyl (C=O) groups excluding carboxylic acids is 1. The number of carbonyl (C=O) groups is 1. The van der Waals surface area contributed by atoms with Gasteiger partial charge in [0.05, 0.1) is 25.9 Å². The third kappa shape index (κ3) is 4.73. The Balaban J connectivity index is 2.24. The first-order valence-corrected chi connectivity index (χ1v) is 8.78. The first-order valence-electron chi connectivity index (χ1n) is 8.78. The molecule has 1 amide bonds. The van der Waals surface area contributed by atoms with Crippen LogP contribution in [0.1, 0.15) is 32.3 Å². The van der Waals surface area contributed by atoms with Crippen LogP contribution >= 0.6 is 0 Å². The van der Waals surface area contributed by atoms with Crippen LogP contribution in [-0.2, 0) is 20.9 Å². The lowest BCUT2D eigenvalue weighted by Gasteiger charge is -2.43. The van der Waals surface area contributed by atoms with E-state index in [9.17, 15) is 15.0 Å². The van der Waals surface area contributed by atoms with Crippen LogP contribution in [0.2, 0.25) is 0 Å². The summed E-state index contributed by atoms with van der Waals surface area (Å²) in [5.74, 6) is 0.379. The summed E-state index contributed by atoms with van der Waals surface area (Å²) in [6.45, 7) is 3.88. The Kier molecular flexibility index (Phi) is 7.00. The molecular formula is C19H29NO6. The molecule has 0 aromatic heterocycles. The molecule has 0 aliphatic heterocycles. The maximum absolute atomic E-state index is 12.9. The molecule has 7 heteroatoms. The van der Waals surface area contributed by atoms with Crippen molar-refractivity contribution in [3.63, 3.8) is 0 Å². The van der Waals surface area contributed by atoms with Gasteiger partial charge in [0.25, 0.3) is 5.91 Å². The van der Waals surface area contributed by atoms with Gasteiger partial charge in [-0.3, -0.25) is 4.79 Å². The normalized spacial score (nSPS) is 28.8. The fourth-order valence-electron chi connectivity index (χ4n) is 3.20. The first kappa shape index (κ1) is 20.6. The van der Waals surface area contributed by atoms with Gasteiger partial charge < -0.3 is 29.7 Å². The second-order valence-electron chi connectivity index (χ2n) is 7.00. The summed E-state index contributed by atoms with van der Waals surface area (Å²) in [5.41, 5.74) is -0.442. The predicted molar refractivity (Wildman–Crippen MR) is 95.8 cm³/mol. The minimum Gasteiger partial charge on any atom is -0.497 e. The van der Waals surface area contributed by atoms with Crippen LogP contribution in [-0.4, -0.2) is 60.3 Å². The molecule has 1 aliphatic rings. The standard InChI is InChI=1S/C19H29NO6/c1-12(2)20-18(23)19(9-15(21)17(22)16(10-19)25-4)26-11-13-6-5-7-14(8-13)24-3/h5-8,12,15-17,21-22H,9-11H2,1-4H3,(H,20,23)/t15-,16+,17-,19+/m1/s1. The van der Waals surface area contributed by atoms with E-state index in [0.717, 1.165) is 5.56 Å². The number of nitrogens with one attached hydrogen (secondary N) is 1. The highest BCUT2D eigenvalue weighted by molar-refractivity contribution is 5.85. The average Bonchev–Trinajstić information content (AvgIpc) is 2.62. The molecule has 4 atom stereocenters. The molecule has 1 aliphatic carbocycles. The number of aliphatic hydroxyl groups is 2. The Morgan fingerprint density at radius 2 is 2.04 bits per heavy atom. The molecule has 0 saturated heterocycles. The summed E-state index contributed by atoms with van der Waals surface area (Å²) in [4.78, 5) is 12.9. The van der Waals surface area contributed by atoms with Gasteiger partial charge in [-0.25, -0.2) is 0 Å². The van der Waals surface area contributed by atoms with Gasteiger partial charge in [0, 0.05) is 26.0 Å². The van der Waals surface area contributed by atoms with Crippen molar-refractivity contribution in [2.24, 2.45) is 0 Å². The van der Waals surface area contributed by atoms with Gasteiger partial charge in [-0.05, 0) is 31.5 Å². The monoisotopic (exact) mass is 367 g/mol. The number of ether oxygens (including phenoxy) is 3. The lowest BCUT2D eigenvalue weighted by molar-refractivity contribution is -0.194. The largest absolute Gasteiger partial charge is 0.497 e. The molecule has 3 N–H and O–H groups in total. The minimum absolute atomic E-state index is 0.00342. The zero-order valence-corrected chi connectivity index (χ0v) is 15.8. The zero-order valence-electron chi connectivity index (χ0n) is 15.8. The Bertz CT molecular complexity index is 607. The molecule has 0 spiro atoms. The third-order valence-electron chi connectivity index (χ3n) is 4.63. The van der Waals surface area contributed by atoms with Crippen LogP contribution in [0.4, 0.5) is 0 Å². The van der Waals surface area contributed by atoms with Gasteiger partial charge >= 0.3 is 0 Å². The molecule has 0 heterocycles. The van der Waals surface area contributed by atoms with Crippen LogP contribution in [0.25, 0.3) is 0 Å². The third-order valence-corrected chi connectivity index (χ3v) is 4.63. The summed E-state index contributed by atoms with van der Waals surface area (Å²) in [6, 6.07) is 7.29. The average molecular weight is 367 g/mol. The molecule has 7 nitrogen and oxygen atoms in total. The molecule has 0 unspecified atom stereocenters. The number of methoxy groups -OCH3 is 2. The van der Waals surface area contributed by atoms with Gasteiger partial charge in [0.15, 0.2) is 5.60 Å². The van der Waals surface area contributed by atoms with E-state index < -0.39 is 23.9 Å². The fourth-order valence-corrected chi connectivity index (χ4v) is 3.20. The van der Waals surface area contributed by atoms with Crippen molar-refractivity contribution in [3.05, 3.63) is 29.8 Å². The highest BCUT2D eigenvalue weighted by Gasteiger charge is 2.51. The van der Waals surface area contributed by atoms with Crippen LogP contribution in [0, 0.1) is 0 Å². The van der Waals surface area contributed by atoms with Crippen LogP contribution < -0.4 is 10.1 Å². The second-order valence-corrected chi connectivity index (χ2v) is 7.00. The Labute approximate surface area is 154 Å². The van der Waals surface area contributed by atoms with E-state index in [1.54, 1.807) is 7.11 Å². The van der Waals surface area contributed by atoms with Crippen molar-refractivity contribution in [2.75, 3.05) is 14.2 Å². The second kappa shape index (κ2) is 8.81. The first-order chi connectivity index (χ1) is 12.3. The number of benzene rings is 1. The molecule has 1 aromatic carbocycles. The van der Waals surface area contributed by atoms with Crippen LogP contribution in [0.5, 0.6) is 5.75 Å². The highest BCUT2D eigenvalue weighted by atomic mass is 16.5. The molecule has 26 heavy (non-hydrogen) atoms. The number of rotatable bonds is 7. The van der Waals surface area contributed by atoms with Gasteiger partial charge in [-0.15, -0.1) is 0 Å². The Morgan fingerprint density at radius 1 is 1.31 bits per heavy atom. The lowest BCUT2D eigenvalue weighted by atomic mass is 9.78. The van der Waals surface area contributed by atoms with Crippen molar-refractivity contribution in [1.82, 2.24) is 5.32 Å². The summed E-state index contributed by atoms with van der Waals surface area (Å²) < 4.78 is 16.5. The molecule has 146 valence electrons. The Hall–Kier alpha value is -1.67. The predicted octanol–water partition coefficient (Wildman–Crippen LogP) is 1.01. The highest BCUT2D eigenvalue weighted by Crippen LogP contribution is 2.35. The summed E-state index contributed by atoms with van der Waals surface area (Å²) in [7, 11) is 3.03. The van der Waals surface area contributed by atoms with Gasteiger partial charge in [0.1, 0.15) is 11.9 Å². The quantitative estimate of drug-likeness (QED) is 0.665. The fraction of sp³-hybridized carbons (Fsp3) is 0.632. The summed E-state index contributed by atoms with van der Waals surface area (Å²) in [6.07, 6.45) is -2.71. The molecule has 1 fully saturated rings. The number of hydrogen-bond acceptors (Lipinski definition) is 6. The minimum atomic E-state index is -1.29. The van der Waals surface area contributed by atoms with E-state index in [-0.39, 0.29) is 31.4 Å². The summed E-state index contributed by atoms with van der Waals surface area (Å²) >= 11 is 0. The van der Waals surface area contributed by atoms with Crippen LogP contribution in [0.15, 0.2) is 24.3 Å². The molecular weight excluding hydrogens is 338 g/mol. The maximum atomic E-state index is 12.9. The van der Waals surface area contributed by atoms with E-state index in [1.807, 2.05) is 38.1 Å². The Morgan fingerprint density at radius 3 is 2.65 bits per heavy atom. The van der Waals surface area contributed by atoms with E-state index in [0.29, 0.717) is 5.75 Å². The van der Waals surface area contributed by atoms with E-state index >= 15 is 0 Å². The molecule has 1 saturated carbocycles. The molecule has 0 radical (unpaired) electrons. The van der Waals surface area contributed by atoms with Gasteiger partial charge in [-0.1, -0.05) is 12.1 Å².